The van der Waals surface area contributed by atoms with Crippen molar-refractivity contribution >= 4 is 38.9 Å². The first-order chi connectivity index (χ1) is 14.6. The lowest BCUT2D eigenvalue weighted by Gasteiger charge is -2.34. The first-order valence-corrected chi connectivity index (χ1v) is 12.0. The Morgan fingerprint density at radius 1 is 1.06 bits per heavy atom. The van der Waals surface area contributed by atoms with Gasteiger partial charge in [-0.1, -0.05) is 11.6 Å². The van der Waals surface area contributed by atoms with Crippen LogP contribution in [0.15, 0.2) is 47.4 Å². The van der Waals surface area contributed by atoms with Crippen LogP contribution in [0, 0.1) is 0 Å². The molecule has 0 unspecified atom stereocenters. The van der Waals surface area contributed by atoms with Crippen LogP contribution in [0.25, 0.3) is 0 Å². The molecule has 1 N–H and O–H groups in total. The van der Waals surface area contributed by atoms with Gasteiger partial charge in [-0.25, -0.2) is 8.42 Å². The third kappa shape index (κ3) is 5.38. The monoisotopic (exact) mass is 464 g/mol. The molecule has 0 bridgehead atoms. The van der Waals surface area contributed by atoms with E-state index in [0.29, 0.717) is 5.69 Å². The molecule has 0 saturated carbocycles. The number of carbonyl (C=O) groups excluding carboxylic acids is 1. The first kappa shape index (κ1) is 23.5. The first-order valence-electron chi connectivity index (χ1n) is 10.2. The molecule has 9 heteroatoms. The molecule has 1 aliphatic heterocycles. The highest BCUT2D eigenvalue weighted by molar-refractivity contribution is 7.89. The predicted octanol–water partition coefficient (Wildman–Crippen LogP) is 3.37. The van der Waals surface area contributed by atoms with E-state index in [0.717, 1.165) is 31.9 Å². The number of hydrogen-bond donors (Lipinski definition) is 1. The summed E-state index contributed by atoms with van der Waals surface area (Å²) in [4.78, 5) is 17.5. The highest BCUT2D eigenvalue weighted by atomic mass is 35.5. The van der Waals surface area contributed by atoms with E-state index in [1.54, 1.807) is 13.8 Å². The Balaban J connectivity index is 1.76. The Labute approximate surface area is 189 Å². The number of likely N-dealkylation sites (N-methyl/N-ethyl adjacent to an activating group) is 1. The van der Waals surface area contributed by atoms with Crippen LogP contribution in [0.5, 0.6) is 0 Å². The Morgan fingerprint density at radius 3 is 2.26 bits per heavy atom. The molecule has 1 aliphatic rings. The number of nitrogens with one attached hydrogen (secondary N) is 1. The van der Waals surface area contributed by atoms with Gasteiger partial charge in [0.05, 0.1) is 15.5 Å². The van der Waals surface area contributed by atoms with Crippen molar-refractivity contribution in [1.82, 2.24) is 9.21 Å². The molecule has 1 saturated heterocycles. The lowest BCUT2D eigenvalue weighted by Crippen LogP contribution is -2.44. The van der Waals surface area contributed by atoms with Gasteiger partial charge in [-0.3, -0.25) is 4.79 Å². The van der Waals surface area contributed by atoms with E-state index in [-0.39, 0.29) is 21.5 Å². The average Bonchev–Trinajstić information content (AvgIpc) is 2.74. The van der Waals surface area contributed by atoms with Gasteiger partial charge in [0.15, 0.2) is 0 Å². The van der Waals surface area contributed by atoms with Crippen LogP contribution in [-0.2, 0) is 10.0 Å². The van der Waals surface area contributed by atoms with E-state index in [4.69, 9.17) is 11.6 Å². The summed E-state index contributed by atoms with van der Waals surface area (Å²) in [6, 6.07) is 11.6. The van der Waals surface area contributed by atoms with Gasteiger partial charge in [-0.15, -0.1) is 0 Å². The molecular formula is C22H29ClN4O3S. The van der Waals surface area contributed by atoms with Crippen molar-refractivity contribution in [3.63, 3.8) is 0 Å². The van der Waals surface area contributed by atoms with Gasteiger partial charge in [0.25, 0.3) is 5.91 Å². The standard InChI is InChI=1S/C22H29ClN4O3S/c1-16(2)26(4)31(29,30)19-9-10-21(23)20(15-19)22(28)24-17-5-7-18(8-6-17)27-13-11-25(3)12-14-27/h5-10,15-16H,11-14H2,1-4H3,(H,24,28). The maximum absolute atomic E-state index is 12.8. The molecule has 0 aliphatic carbocycles. The molecule has 168 valence electrons. The zero-order chi connectivity index (χ0) is 22.8. The second-order valence-corrected chi connectivity index (χ2v) is 10.5. The molecule has 1 amide bonds. The zero-order valence-electron chi connectivity index (χ0n) is 18.3. The van der Waals surface area contributed by atoms with E-state index in [9.17, 15) is 13.2 Å². The molecule has 7 nitrogen and oxygen atoms in total. The van der Waals surface area contributed by atoms with Crippen LogP contribution in [0.1, 0.15) is 24.2 Å². The number of hydrogen-bond acceptors (Lipinski definition) is 5. The summed E-state index contributed by atoms with van der Waals surface area (Å²) >= 11 is 6.21. The van der Waals surface area contributed by atoms with E-state index in [1.165, 1.54) is 29.6 Å². The summed E-state index contributed by atoms with van der Waals surface area (Å²) in [5, 5.41) is 3.00. The SMILES string of the molecule is CC(C)N(C)S(=O)(=O)c1ccc(Cl)c(C(=O)Nc2ccc(N3CCN(C)CC3)cc2)c1. The third-order valence-electron chi connectivity index (χ3n) is 5.58. The van der Waals surface area contributed by atoms with Crippen molar-refractivity contribution < 1.29 is 13.2 Å². The molecule has 1 heterocycles. The Kier molecular flexibility index (Phi) is 7.26. The van der Waals surface area contributed by atoms with Gasteiger partial charge < -0.3 is 15.1 Å². The van der Waals surface area contributed by atoms with Crippen LogP contribution < -0.4 is 10.2 Å². The summed E-state index contributed by atoms with van der Waals surface area (Å²) in [5.74, 6) is -0.457. The topological polar surface area (TPSA) is 73.0 Å². The van der Waals surface area contributed by atoms with Crippen molar-refractivity contribution in [2.45, 2.75) is 24.8 Å². The molecular weight excluding hydrogens is 436 g/mol. The Hall–Kier alpha value is -2.13. The van der Waals surface area contributed by atoms with E-state index in [2.05, 4.69) is 22.2 Å². The average molecular weight is 465 g/mol. The molecule has 0 aromatic heterocycles. The second-order valence-electron chi connectivity index (χ2n) is 8.05. The molecule has 1 fully saturated rings. The molecule has 3 rings (SSSR count). The number of nitrogens with zero attached hydrogens (tertiary/aromatic N) is 3. The highest BCUT2D eigenvalue weighted by Gasteiger charge is 2.25. The number of benzene rings is 2. The number of halogens is 1. The molecule has 0 spiro atoms. The minimum Gasteiger partial charge on any atom is -0.369 e. The van der Waals surface area contributed by atoms with E-state index < -0.39 is 15.9 Å². The number of piperazine rings is 1. The predicted molar refractivity (Wildman–Crippen MR) is 126 cm³/mol. The summed E-state index contributed by atoms with van der Waals surface area (Å²) in [6.45, 7) is 7.53. The summed E-state index contributed by atoms with van der Waals surface area (Å²) < 4.78 is 26.8. The Bertz CT molecular complexity index is 1030. The van der Waals surface area contributed by atoms with Gasteiger partial charge in [-0.05, 0) is 63.4 Å². The largest absolute Gasteiger partial charge is 0.369 e. The molecule has 0 atom stereocenters. The van der Waals surface area contributed by atoms with Crippen molar-refractivity contribution in [3.05, 3.63) is 53.1 Å². The zero-order valence-corrected chi connectivity index (χ0v) is 19.9. The lowest BCUT2D eigenvalue weighted by molar-refractivity contribution is 0.102. The minimum atomic E-state index is -3.72. The van der Waals surface area contributed by atoms with Gasteiger partial charge in [-0.2, -0.15) is 4.31 Å². The molecule has 2 aromatic rings. The third-order valence-corrected chi connectivity index (χ3v) is 7.94. The van der Waals surface area contributed by atoms with E-state index in [1.807, 2.05) is 24.3 Å². The second kappa shape index (κ2) is 9.56. The number of carbonyl (C=O) groups is 1. The van der Waals surface area contributed by atoms with Crippen LogP contribution in [-0.4, -0.2) is 69.8 Å². The fourth-order valence-electron chi connectivity index (χ4n) is 3.30. The number of anilines is 2. The minimum absolute atomic E-state index is 0.0312. The fraction of sp³-hybridized carbons (Fsp3) is 0.409. The maximum atomic E-state index is 12.8. The smallest absolute Gasteiger partial charge is 0.257 e. The normalized spacial score (nSPS) is 15.5. The number of sulfonamides is 1. The van der Waals surface area contributed by atoms with Crippen molar-refractivity contribution in [1.29, 1.82) is 0 Å². The summed E-state index contributed by atoms with van der Waals surface area (Å²) in [5.41, 5.74) is 1.84. The van der Waals surface area contributed by atoms with Gasteiger partial charge in [0.1, 0.15) is 0 Å². The summed E-state index contributed by atoms with van der Waals surface area (Å²) in [7, 11) is -0.0967. The molecule has 2 aromatic carbocycles. The van der Waals surface area contributed by atoms with Gasteiger partial charge in [0.2, 0.25) is 10.0 Å². The number of amides is 1. The van der Waals surface area contributed by atoms with Crippen LogP contribution in [0.2, 0.25) is 5.02 Å². The van der Waals surface area contributed by atoms with Crippen molar-refractivity contribution in [3.8, 4) is 0 Å². The summed E-state index contributed by atoms with van der Waals surface area (Å²) in [6.07, 6.45) is 0. The highest BCUT2D eigenvalue weighted by Crippen LogP contribution is 2.25. The maximum Gasteiger partial charge on any atom is 0.257 e. The molecule has 31 heavy (non-hydrogen) atoms. The van der Waals surface area contributed by atoms with Crippen LogP contribution in [0.4, 0.5) is 11.4 Å². The van der Waals surface area contributed by atoms with Crippen LogP contribution >= 0.6 is 11.6 Å². The fourth-order valence-corrected chi connectivity index (χ4v) is 4.90. The van der Waals surface area contributed by atoms with Gasteiger partial charge in [0, 0.05) is 50.6 Å². The molecule has 0 radical (unpaired) electrons. The van der Waals surface area contributed by atoms with Crippen LogP contribution in [0.3, 0.4) is 0 Å². The Morgan fingerprint density at radius 2 is 1.68 bits per heavy atom. The van der Waals surface area contributed by atoms with E-state index >= 15 is 0 Å². The van der Waals surface area contributed by atoms with Crippen molar-refractivity contribution in [2.24, 2.45) is 0 Å². The van der Waals surface area contributed by atoms with Crippen molar-refractivity contribution in [2.75, 3.05) is 50.5 Å². The quantitative estimate of drug-likeness (QED) is 0.709. The number of rotatable bonds is 6. The lowest BCUT2D eigenvalue weighted by atomic mass is 10.2. The van der Waals surface area contributed by atoms with Gasteiger partial charge >= 0.3 is 0 Å².